The number of hydrogen-bond donors (Lipinski definition) is 5. The average molecular weight is 2030 g/mol. The molecule has 32 heteroatoms. The van der Waals surface area contributed by atoms with Crippen LogP contribution in [-0.4, -0.2) is 266 Å². The van der Waals surface area contributed by atoms with Crippen molar-refractivity contribution >= 4 is 110 Å². The predicted octanol–water partition coefficient (Wildman–Crippen LogP) is 8.24. The van der Waals surface area contributed by atoms with Crippen LogP contribution in [0.2, 0.25) is 0 Å². The normalized spacial score (nSPS) is 34.0. The molecular weight excluding hydrogens is 1870 g/mol. The zero-order valence-corrected chi connectivity index (χ0v) is 96.3. The molecule has 12 fully saturated rings. The number of carbonyl (C=O) groups is 8. The molecule has 3 saturated heterocycles. The van der Waals surface area contributed by atoms with Crippen LogP contribution >= 0.6 is 11.6 Å². The Morgan fingerprint density at radius 3 is 1.10 bits per heavy atom. The number of halogens is 1. The maximum Gasteiger partial charge on any atom is 1.00 e. The summed E-state index contributed by atoms with van der Waals surface area (Å²) in [5, 5.41) is 48.5. The second-order valence-corrected chi connectivity index (χ2v) is 46.2. The van der Waals surface area contributed by atoms with Crippen LogP contribution in [-0.2, 0) is 78.4 Å². The van der Waals surface area contributed by atoms with E-state index in [9.17, 15) is 38.7 Å². The van der Waals surface area contributed by atoms with Gasteiger partial charge in [0.05, 0.1) is 0 Å². The maximum atomic E-state index is 13.7. The molecule has 19 rings (SSSR count). The van der Waals surface area contributed by atoms with Gasteiger partial charge in [0.2, 0.25) is 11.3 Å². The molecule has 3 aliphatic heterocycles. The number of hydrogen-bond acceptors (Lipinski definition) is 18. The summed E-state index contributed by atoms with van der Waals surface area (Å²) in [6, 6.07) is 41.2. The SMILES string of the molecule is CC(=O)Cl.CC(=O)O[C@@H](Cc1ccccc1)C(=O)O.CC(=O)O[C@H](Cc1ccccc1)C(=O)N(C)[C@H]1CC[C@@]2(C)C(=CC[C@H]3[C@@H]4CC[C@@H]5[C@H](C)N(C)C[C@@]54CC[C@@H]32)C1.CN[C@H]1CC[C@@]2(C)C(=CC[C@H]3[C@@H]4CC[C@@H]5[C@H](C)N(C)C[C@@]54CC[C@@H]32)C1.C[C@H]1[C@H]2CC[C@H]3[C@@H]4CC=C5C[C@@H](N(C)C(=O)[C@@H](O)Cc6ccccc6)CC[C@]5(C)[C@H]4CC[C@]23CN1C.O=C(O)[C@@H](O)Cc1ccccc1.O=CO[O-].[B][B]B([B])B([B])[B].[H-].[K+].[K+]. The van der Waals surface area contributed by atoms with Crippen LogP contribution in [0, 0.1) is 104 Å². The maximum absolute atomic E-state index is 13.7. The summed E-state index contributed by atoms with van der Waals surface area (Å²) in [6.07, 6.45) is 35.8. The number of amides is 2. The number of esters is 2. The number of likely N-dealkylation sites (tertiary alicyclic amines) is 3. The Morgan fingerprint density at radius 2 is 0.792 bits per heavy atom. The molecule has 9 radical (unpaired) electrons. The number of nitrogens with one attached hydrogen (secondary N) is 1. The average Bonchev–Trinajstić information content (AvgIpc) is 1.56. The summed E-state index contributed by atoms with van der Waals surface area (Å²) in [4.78, 5) is 103. The van der Waals surface area contributed by atoms with Crippen molar-refractivity contribution in [2.75, 3.05) is 61.9 Å². The minimum absolute atomic E-state index is 0. The number of carbonyl (C=O) groups excluding carboxylic acids is 6. The van der Waals surface area contributed by atoms with Gasteiger partial charge >= 0.3 is 127 Å². The van der Waals surface area contributed by atoms with E-state index >= 15 is 0 Å². The van der Waals surface area contributed by atoms with E-state index in [1.807, 2.05) is 127 Å². The Kier molecular flexibility index (Phi) is 45.7. The van der Waals surface area contributed by atoms with Crippen LogP contribution in [0.4, 0.5) is 0 Å². The third kappa shape index (κ3) is 27.6. The standard InChI is InChI=1S/C34H48N2O3.C32H46N2O2.C23H38N2.C11H12O4.C9H10O3.C2H3ClO.CH2O3.B7.2K.H/c1-22-28-13-14-30-27-12-11-25-20-26(15-17-33(25,3)29(27)16-18-34(28,30)21-35(22)4)36(5)32(38)31(39-23(2)37)19-24-9-7-6-8-10-24;1-21-26-12-13-28-25-11-10-23-19-24(34(4)30(36)29(35)18-22-8-6-5-7-9-22)14-16-31(23,2)27(25)15-17-32(26,28)20-33(21)3;1-15-19-7-8-21-18-6-5-16-13-17(24-3)9-11-22(16,2)20(18)10-12-23(19,21)14-25(15)4;1-8(12)15-10(11(13)14)7-9-5-3-2-4-6-9;10-8(9(11)12)6-7-4-2-1-3-5-7;1-2(3)4;2-1-4-3;1-5-7(4)6(2)3;;;/h6-11,22,26-31H,12-21H2,1-5H3;5-10,21,24-29,35H,11-20H2,1-4H3;5,15,17-21,24H,6-14H2,1-4H3;2-6,10H,7H2,1H3,(H,13,14);1-5,8,10H,6H2,(H,11,12);1H3;1,3H;;;;/q;;;;;;;;2*+1;-1/p-1/t22-,26-,27+,28+,29-,30-,31+,33-,34-;21-,24-,25+,26+,27-,28-,29-,31-,32-;15-,17-,18+,19+,20-,21-,22-,23-;10-;8-;;;;;;/m00000....../s1. The zero-order valence-electron chi connectivity index (χ0n) is 90.3. The van der Waals surface area contributed by atoms with E-state index in [1.165, 1.54) is 169 Å². The second kappa shape index (κ2) is 54.1. The molecule has 0 unspecified atom stereocenters. The van der Waals surface area contributed by atoms with Crippen LogP contribution in [0.25, 0.3) is 0 Å². The summed E-state index contributed by atoms with van der Waals surface area (Å²) in [5.41, 5.74) is 11.6. The number of nitrogens with zero attached hydrogens (tertiary/aromatic N) is 5. The summed E-state index contributed by atoms with van der Waals surface area (Å²) in [5.74, 6) is 7.30. The van der Waals surface area contributed by atoms with E-state index in [0.29, 0.717) is 39.9 Å². The van der Waals surface area contributed by atoms with Crippen molar-refractivity contribution in [3.63, 3.8) is 0 Å². The number of aliphatic carboxylic acids is 2. The largest absolute Gasteiger partial charge is 1.00 e. The molecule has 144 heavy (non-hydrogen) atoms. The summed E-state index contributed by atoms with van der Waals surface area (Å²) in [6.45, 7) is 22.9. The molecule has 9 saturated carbocycles. The molecule has 28 atom stereocenters. The van der Waals surface area contributed by atoms with E-state index in [1.54, 1.807) is 35.4 Å². The first-order chi connectivity index (χ1) is 67.5. The van der Waals surface area contributed by atoms with Crippen molar-refractivity contribution in [1.82, 2.24) is 29.8 Å². The van der Waals surface area contributed by atoms with Gasteiger partial charge in [0.15, 0.2) is 12.2 Å². The molecule has 3 spiro atoms. The van der Waals surface area contributed by atoms with Crippen LogP contribution in [0.1, 0.15) is 240 Å². The molecule has 2 amide bonds. The Morgan fingerprint density at radius 1 is 0.486 bits per heavy atom. The Bertz CT molecular complexity index is 5000. The quantitative estimate of drug-likeness (QED) is 0.0106. The van der Waals surface area contributed by atoms with Crippen LogP contribution in [0.3, 0.4) is 0 Å². The summed E-state index contributed by atoms with van der Waals surface area (Å²) in [7, 11) is 34.7. The number of allylic oxidation sites excluding steroid dienone is 3. The van der Waals surface area contributed by atoms with Crippen LogP contribution in [0.15, 0.2) is 156 Å². The molecular formula is C112H159B7ClK2N6O16. The first kappa shape index (κ1) is 122. The van der Waals surface area contributed by atoms with Crippen molar-refractivity contribution in [2.45, 2.75) is 303 Å². The van der Waals surface area contributed by atoms with Gasteiger partial charge in [0.1, 0.15) is 6.10 Å². The Labute approximate surface area is 958 Å². The first-order valence-corrected chi connectivity index (χ1v) is 53.3. The smallest absolute Gasteiger partial charge is 1.00 e. The fourth-order valence-electron chi connectivity index (χ4n) is 31.5. The van der Waals surface area contributed by atoms with Gasteiger partial charge in [-0.05, 0) is 340 Å². The minimum Gasteiger partial charge on any atom is -1.00 e. The minimum atomic E-state index is -1.30. The van der Waals surface area contributed by atoms with E-state index in [2.05, 4.69) is 129 Å². The van der Waals surface area contributed by atoms with E-state index in [0.717, 1.165) is 150 Å². The molecule has 5 N–H and O–H groups in total. The van der Waals surface area contributed by atoms with Crippen LogP contribution < -0.4 is 113 Å². The number of fused-ring (bicyclic) bond motifs is 12. The van der Waals surface area contributed by atoms with Crippen molar-refractivity contribution in [3.05, 3.63) is 179 Å². The Balaban J connectivity index is 0.000000203. The number of carboxylic acid groups (broad SMARTS) is 2. The fourth-order valence-corrected chi connectivity index (χ4v) is 31.5. The number of benzene rings is 4. The Hall–Kier alpha value is -4.20. The predicted molar refractivity (Wildman–Crippen MR) is 565 cm³/mol. The number of carboxylic acids is 2. The number of ether oxygens (including phenoxy) is 2. The zero-order chi connectivity index (χ0) is 103. The first-order valence-electron chi connectivity index (χ1n) is 52.9. The number of aliphatic hydroxyl groups excluding tert-OH is 2. The molecule has 12 aliphatic carbocycles. The van der Waals surface area contributed by atoms with E-state index in [4.69, 9.17) is 61.1 Å². The van der Waals surface area contributed by atoms with Gasteiger partial charge in [0, 0.05) is 167 Å². The van der Waals surface area contributed by atoms with Crippen LogP contribution in [0.5, 0.6) is 0 Å². The number of likely N-dealkylation sites (N-methyl/N-ethyl adjacent to an activating group) is 2. The number of aliphatic hydroxyl groups is 2. The summed E-state index contributed by atoms with van der Waals surface area (Å²) < 4.78 is 10.2. The van der Waals surface area contributed by atoms with Gasteiger partial charge in [0.25, 0.3) is 18.3 Å². The van der Waals surface area contributed by atoms with Crippen molar-refractivity contribution in [3.8, 4) is 0 Å². The van der Waals surface area contributed by atoms with Gasteiger partial charge < -0.3 is 71.3 Å². The molecule has 763 valence electrons. The van der Waals surface area contributed by atoms with E-state index < -0.39 is 54.7 Å². The fraction of sp³-hybridized carbons (Fsp3) is 0.661. The van der Waals surface area contributed by atoms with Crippen molar-refractivity contribution < 1.29 is 183 Å². The molecule has 4 aromatic carbocycles. The van der Waals surface area contributed by atoms with Gasteiger partial charge in [-0.2, -0.15) is 0 Å². The summed E-state index contributed by atoms with van der Waals surface area (Å²) >= 11 is 4.64. The van der Waals surface area contributed by atoms with Crippen molar-refractivity contribution in [1.29, 1.82) is 0 Å². The van der Waals surface area contributed by atoms with Gasteiger partial charge in [-0.1, -0.05) is 177 Å². The van der Waals surface area contributed by atoms with Gasteiger partial charge in [-0.3, -0.25) is 28.8 Å². The van der Waals surface area contributed by atoms with Crippen molar-refractivity contribution in [2.24, 2.45) is 104 Å². The molecule has 0 aromatic heterocycles. The molecule has 22 nitrogen and oxygen atoms in total. The van der Waals surface area contributed by atoms with Gasteiger partial charge in [-0.15, -0.1) is 0 Å². The third-order valence-corrected chi connectivity index (χ3v) is 38.8. The second-order valence-electron chi connectivity index (χ2n) is 45.7. The van der Waals surface area contributed by atoms with Gasteiger partial charge in [-0.25, -0.2) is 9.59 Å². The third-order valence-electron chi connectivity index (χ3n) is 38.8. The molecule has 0 bridgehead atoms. The molecule has 3 heterocycles. The molecule has 15 aliphatic rings. The number of rotatable bonds is 20. The molecule has 4 aromatic rings. The monoisotopic (exact) mass is 2030 g/mol. The topological polar surface area (TPSA) is 296 Å². The van der Waals surface area contributed by atoms with E-state index in [-0.39, 0.29) is 164 Å².